The summed E-state index contributed by atoms with van der Waals surface area (Å²) in [5, 5.41) is 5.89. The van der Waals surface area contributed by atoms with Gasteiger partial charge in [-0.2, -0.15) is 0 Å². The van der Waals surface area contributed by atoms with E-state index < -0.39 is 0 Å². The molecular formula is C18H16N4. The number of allylic oxidation sites excluding steroid dienone is 1. The van der Waals surface area contributed by atoms with Gasteiger partial charge in [-0.1, -0.05) is 42.5 Å². The van der Waals surface area contributed by atoms with Gasteiger partial charge in [0.05, 0.1) is 12.0 Å². The first-order valence-corrected chi connectivity index (χ1v) is 7.37. The standard InChI is InChI=1S/C18H16N4/c1(2-11-22-12-10-19-13-22)9-20-18-15-7-3-5-14-6-4-8-16(21-18)17(14)15/h1-8,10,12-13H,9,11H2,(H,20,21). The molecule has 1 aliphatic rings. The number of hydrogen-bond acceptors (Lipinski definition) is 3. The van der Waals surface area contributed by atoms with Crippen LogP contribution in [0.2, 0.25) is 0 Å². The van der Waals surface area contributed by atoms with Gasteiger partial charge in [0.1, 0.15) is 5.84 Å². The molecule has 0 saturated carbocycles. The largest absolute Gasteiger partial charge is 0.366 e. The van der Waals surface area contributed by atoms with Crippen molar-refractivity contribution in [2.24, 2.45) is 4.99 Å². The Labute approximate surface area is 128 Å². The summed E-state index contributed by atoms with van der Waals surface area (Å²) in [5.41, 5.74) is 2.24. The zero-order valence-corrected chi connectivity index (χ0v) is 12.1. The van der Waals surface area contributed by atoms with E-state index in [1.54, 1.807) is 6.20 Å². The molecule has 4 nitrogen and oxygen atoms in total. The first-order valence-electron chi connectivity index (χ1n) is 7.37. The molecule has 3 aromatic rings. The van der Waals surface area contributed by atoms with Gasteiger partial charge < -0.3 is 9.88 Å². The quantitative estimate of drug-likeness (QED) is 0.749. The Morgan fingerprint density at radius 3 is 2.86 bits per heavy atom. The van der Waals surface area contributed by atoms with E-state index in [9.17, 15) is 0 Å². The average molecular weight is 288 g/mol. The van der Waals surface area contributed by atoms with Gasteiger partial charge in [0.2, 0.25) is 0 Å². The second-order valence-electron chi connectivity index (χ2n) is 5.25. The van der Waals surface area contributed by atoms with Crippen LogP contribution in [0.15, 0.2) is 72.3 Å². The maximum absolute atomic E-state index is 4.70. The molecule has 4 rings (SSSR count). The van der Waals surface area contributed by atoms with Crippen LogP contribution in [0.5, 0.6) is 0 Å². The summed E-state index contributed by atoms with van der Waals surface area (Å²) < 4.78 is 2.03. The van der Waals surface area contributed by atoms with E-state index in [1.807, 2.05) is 17.1 Å². The molecule has 0 fully saturated rings. The van der Waals surface area contributed by atoms with Crippen molar-refractivity contribution in [3.8, 4) is 0 Å². The summed E-state index contributed by atoms with van der Waals surface area (Å²) in [7, 11) is 0. The van der Waals surface area contributed by atoms with Crippen molar-refractivity contribution < 1.29 is 0 Å². The predicted octanol–water partition coefficient (Wildman–Crippen LogP) is 3.27. The van der Waals surface area contributed by atoms with Crippen molar-refractivity contribution in [3.63, 3.8) is 0 Å². The van der Waals surface area contributed by atoms with Crippen LogP contribution in [0.25, 0.3) is 10.8 Å². The van der Waals surface area contributed by atoms with Gasteiger partial charge in [-0.05, 0) is 11.5 Å². The number of rotatable bonds is 4. The van der Waals surface area contributed by atoms with E-state index >= 15 is 0 Å². The number of aromatic nitrogens is 2. The van der Waals surface area contributed by atoms with Crippen LogP contribution in [0, 0.1) is 0 Å². The average Bonchev–Trinajstić information content (AvgIpc) is 3.17. The highest BCUT2D eigenvalue weighted by atomic mass is 15.0. The fourth-order valence-electron chi connectivity index (χ4n) is 2.76. The Balaban J connectivity index is 1.45. The third-order valence-electron chi connectivity index (χ3n) is 3.80. The molecule has 4 heteroatoms. The van der Waals surface area contributed by atoms with E-state index in [0.29, 0.717) is 0 Å². The smallest absolute Gasteiger partial charge is 0.134 e. The molecule has 108 valence electrons. The summed E-state index contributed by atoms with van der Waals surface area (Å²) in [6.07, 6.45) is 9.80. The minimum absolute atomic E-state index is 0.762. The van der Waals surface area contributed by atoms with E-state index in [1.165, 1.54) is 16.3 Å². The lowest BCUT2D eigenvalue weighted by Gasteiger charge is -2.05. The van der Waals surface area contributed by atoms with Crippen LogP contribution in [-0.2, 0) is 6.54 Å². The van der Waals surface area contributed by atoms with Crippen molar-refractivity contribution in [2.75, 3.05) is 6.54 Å². The molecule has 0 spiro atoms. The number of benzene rings is 2. The van der Waals surface area contributed by atoms with Crippen LogP contribution < -0.4 is 5.32 Å². The Kier molecular flexibility index (Phi) is 3.20. The molecule has 0 radical (unpaired) electrons. The molecule has 2 aromatic carbocycles. The number of amidine groups is 1. The Morgan fingerprint density at radius 1 is 1.09 bits per heavy atom. The lowest BCUT2D eigenvalue weighted by Crippen LogP contribution is -2.23. The van der Waals surface area contributed by atoms with Crippen LogP contribution in [0.1, 0.15) is 5.56 Å². The summed E-state index contributed by atoms with van der Waals surface area (Å²) in [6, 6.07) is 12.6. The molecule has 0 aliphatic carbocycles. The third-order valence-corrected chi connectivity index (χ3v) is 3.80. The molecule has 0 saturated heterocycles. The van der Waals surface area contributed by atoms with E-state index in [4.69, 9.17) is 4.99 Å². The Bertz CT molecular complexity index is 855. The van der Waals surface area contributed by atoms with Gasteiger partial charge in [0, 0.05) is 36.4 Å². The van der Waals surface area contributed by atoms with Crippen molar-refractivity contribution in [1.29, 1.82) is 0 Å². The van der Waals surface area contributed by atoms with Crippen LogP contribution in [0.3, 0.4) is 0 Å². The highest BCUT2D eigenvalue weighted by Crippen LogP contribution is 2.34. The van der Waals surface area contributed by atoms with E-state index in [0.717, 1.165) is 24.6 Å². The molecular weight excluding hydrogens is 272 g/mol. The first-order chi connectivity index (χ1) is 10.9. The Morgan fingerprint density at radius 2 is 2.00 bits per heavy atom. The van der Waals surface area contributed by atoms with Gasteiger partial charge >= 0.3 is 0 Å². The fraction of sp³-hybridized carbons (Fsp3) is 0.111. The number of nitrogens with zero attached hydrogens (tertiary/aromatic N) is 3. The van der Waals surface area contributed by atoms with Crippen LogP contribution >= 0.6 is 0 Å². The van der Waals surface area contributed by atoms with Gasteiger partial charge in [-0.15, -0.1) is 0 Å². The summed E-state index contributed by atoms with van der Waals surface area (Å²) in [6.45, 7) is 1.60. The molecule has 0 bridgehead atoms. The lowest BCUT2D eigenvalue weighted by molar-refractivity contribution is 0.816. The maximum Gasteiger partial charge on any atom is 0.134 e. The van der Waals surface area contributed by atoms with E-state index in [-0.39, 0.29) is 0 Å². The summed E-state index contributed by atoms with van der Waals surface area (Å²) >= 11 is 0. The van der Waals surface area contributed by atoms with Crippen LogP contribution in [0.4, 0.5) is 5.69 Å². The SMILES string of the molecule is C(=CCn1ccnc1)CNC1=Nc2cccc3cccc1c23. The topological polar surface area (TPSA) is 42.2 Å². The molecule has 1 aliphatic heterocycles. The lowest BCUT2D eigenvalue weighted by atomic mass is 10.0. The zero-order chi connectivity index (χ0) is 14.8. The maximum atomic E-state index is 4.70. The minimum Gasteiger partial charge on any atom is -0.366 e. The molecule has 0 unspecified atom stereocenters. The van der Waals surface area contributed by atoms with Gasteiger partial charge in [-0.3, -0.25) is 0 Å². The molecule has 1 N–H and O–H groups in total. The van der Waals surface area contributed by atoms with Crippen molar-refractivity contribution >= 4 is 22.3 Å². The molecule has 0 amide bonds. The van der Waals surface area contributed by atoms with Gasteiger partial charge in [-0.25, -0.2) is 9.98 Å². The summed E-state index contributed by atoms with van der Waals surface area (Å²) in [4.78, 5) is 8.72. The number of aliphatic imine (C=N–C) groups is 1. The minimum atomic E-state index is 0.762. The number of nitrogens with one attached hydrogen (secondary N) is 1. The monoisotopic (exact) mass is 288 g/mol. The van der Waals surface area contributed by atoms with Crippen LogP contribution in [-0.4, -0.2) is 21.9 Å². The molecule has 22 heavy (non-hydrogen) atoms. The van der Waals surface area contributed by atoms with E-state index in [2.05, 4.69) is 58.9 Å². The zero-order valence-electron chi connectivity index (χ0n) is 12.1. The van der Waals surface area contributed by atoms with Gasteiger partial charge in [0.25, 0.3) is 0 Å². The van der Waals surface area contributed by atoms with Crippen molar-refractivity contribution in [1.82, 2.24) is 14.9 Å². The molecule has 2 heterocycles. The predicted molar refractivity (Wildman–Crippen MR) is 89.5 cm³/mol. The summed E-state index contributed by atoms with van der Waals surface area (Å²) in [5.74, 6) is 0.957. The Hall–Kier alpha value is -2.88. The second kappa shape index (κ2) is 5.48. The highest BCUT2D eigenvalue weighted by molar-refractivity contribution is 6.18. The molecule has 0 atom stereocenters. The molecule has 1 aromatic heterocycles. The number of hydrogen-bond donors (Lipinski definition) is 1. The number of imidazole rings is 1. The normalized spacial score (nSPS) is 13.0. The second-order valence-corrected chi connectivity index (χ2v) is 5.25. The van der Waals surface area contributed by atoms with Crippen molar-refractivity contribution in [2.45, 2.75) is 6.54 Å². The highest BCUT2D eigenvalue weighted by Gasteiger charge is 2.16. The first kappa shape index (κ1) is 12.8. The fourth-order valence-corrected chi connectivity index (χ4v) is 2.76. The van der Waals surface area contributed by atoms with Crippen molar-refractivity contribution in [3.05, 3.63) is 72.8 Å². The van der Waals surface area contributed by atoms with Gasteiger partial charge in [0.15, 0.2) is 0 Å². The third kappa shape index (κ3) is 2.29.